The number of aliphatic hydroxyl groups excluding tert-OH is 1. The molecule has 1 fully saturated rings. The Hall–Kier alpha value is -2.17. The maximum absolute atomic E-state index is 11.6. The maximum atomic E-state index is 11.6. The van der Waals surface area contributed by atoms with Gasteiger partial charge in [-0.3, -0.25) is 9.69 Å². The second-order valence-corrected chi connectivity index (χ2v) is 6.70. The van der Waals surface area contributed by atoms with E-state index in [1.165, 1.54) is 12.0 Å². The molecule has 25 heavy (non-hydrogen) atoms. The van der Waals surface area contributed by atoms with Crippen LogP contribution in [0.2, 0.25) is 0 Å². The SMILES string of the molecule is CNC(=O)c1ccc(CN2CCCC2CC(O)c2ccccc2)cc1. The lowest BCUT2D eigenvalue weighted by molar-refractivity contribution is 0.0963. The highest BCUT2D eigenvalue weighted by Crippen LogP contribution is 2.28. The van der Waals surface area contributed by atoms with Crippen molar-refractivity contribution in [2.75, 3.05) is 13.6 Å². The third-order valence-corrected chi connectivity index (χ3v) is 5.01. The minimum Gasteiger partial charge on any atom is -0.388 e. The summed E-state index contributed by atoms with van der Waals surface area (Å²) in [4.78, 5) is 14.1. The molecule has 4 heteroatoms. The lowest BCUT2D eigenvalue weighted by Gasteiger charge is -2.26. The Kier molecular flexibility index (Phi) is 5.84. The van der Waals surface area contributed by atoms with E-state index in [4.69, 9.17) is 0 Å². The van der Waals surface area contributed by atoms with E-state index in [0.29, 0.717) is 11.6 Å². The Morgan fingerprint density at radius 3 is 2.60 bits per heavy atom. The molecule has 1 aliphatic heterocycles. The van der Waals surface area contributed by atoms with Crippen molar-refractivity contribution in [2.45, 2.75) is 38.0 Å². The predicted molar refractivity (Wildman–Crippen MR) is 99.3 cm³/mol. The van der Waals surface area contributed by atoms with E-state index >= 15 is 0 Å². The molecule has 1 amide bonds. The van der Waals surface area contributed by atoms with Crippen LogP contribution in [-0.2, 0) is 6.54 Å². The molecule has 1 heterocycles. The van der Waals surface area contributed by atoms with Gasteiger partial charge in [-0.2, -0.15) is 0 Å². The van der Waals surface area contributed by atoms with Crippen LogP contribution in [0.1, 0.15) is 46.9 Å². The standard InChI is InChI=1S/C21H26N2O2/c1-22-21(25)18-11-9-16(10-12-18)15-23-13-5-8-19(23)14-20(24)17-6-3-2-4-7-17/h2-4,6-7,9-12,19-20,24H,5,8,13-15H2,1H3,(H,22,25). The fourth-order valence-electron chi connectivity index (χ4n) is 3.58. The fourth-order valence-corrected chi connectivity index (χ4v) is 3.58. The summed E-state index contributed by atoms with van der Waals surface area (Å²) in [5.41, 5.74) is 2.88. The van der Waals surface area contributed by atoms with Crippen LogP contribution in [0.5, 0.6) is 0 Å². The van der Waals surface area contributed by atoms with E-state index in [-0.39, 0.29) is 5.91 Å². The Labute approximate surface area is 149 Å². The predicted octanol–water partition coefficient (Wildman–Crippen LogP) is 3.13. The summed E-state index contributed by atoms with van der Waals surface area (Å²) in [5, 5.41) is 13.2. The lowest BCUT2D eigenvalue weighted by atomic mass is 10.00. The van der Waals surface area contributed by atoms with Crippen LogP contribution in [0.15, 0.2) is 54.6 Å². The number of carbonyl (C=O) groups is 1. The monoisotopic (exact) mass is 338 g/mol. The number of nitrogens with one attached hydrogen (secondary N) is 1. The number of benzene rings is 2. The van der Waals surface area contributed by atoms with Gasteiger partial charge in [-0.05, 0) is 49.1 Å². The number of likely N-dealkylation sites (tertiary alicyclic amines) is 1. The molecule has 1 aliphatic rings. The number of carbonyl (C=O) groups excluding carboxylic acids is 1. The summed E-state index contributed by atoms with van der Waals surface area (Å²) in [6.45, 7) is 1.92. The summed E-state index contributed by atoms with van der Waals surface area (Å²) >= 11 is 0. The molecule has 0 radical (unpaired) electrons. The van der Waals surface area contributed by atoms with E-state index in [2.05, 4.69) is 10.2 Å². The van der Waals surface area contributed by atoms with Gasteiger partial charge in [0.25, 0.3) is 5.91 Å². The Morgan fingerprint density at radius 1 is 1.20 bits per heavy atom. The molecule has 0 saturated carbocycles. The summed E-state index contributed by atoms with van der Waals surface area (Å²) in [6, 6.07) is 18.1. The average molecular weight is 338 g/mol. The van der Waals surface area contributed by atoms with Crippen molar-refractivity contribution in [2.24, 2.45) is 0 Å². The van der Waals surface area contributed by atoms with Crippen LogP contribution in [0.4, 0.5) is 0 Å². The van der Waals surface area contributed by atoms with E-state index in [1.807, 2.05) is 54.6 Å². The van der Waals surface area contributed by atoms with Gasteiger partial charge in [0.15, 0.2) is 0 Å². The van der Waals surface area contributed by atoms with E-state index in [0.717, 1.165) is 31.5 Å². The Morgan fingerprint density at radius 2 is 1.92 bits per heavy atom. The summed E-state index contributed by atoms with van der Waals surface area (Å²) < 4.78 is 0. The van der Waals surface area contributed by atoms with Gasteiger partial charge in [0.2, 0.25) is 0 Å². The zero-order valence-electron chi connectivity index (χ0n) is 14.7. The maximum Gasteiger partial charge on any atom is 0.251 e. The molecular formula is C21H26N2O2. The summed E-state index contributed by atoms with van der Waals surface area (Å²) in [7, 11) is 1.64. The second-order valence-electron chi connectivity index (χ2n) is 6.70. The second kappa shape index (κ2) is 8.28. The lowest BCUT2D eigenvalue weighted by Crippen LogP contribution is -2.30. The molecule has 2 unspecified atom stereocenters. The van der Waals surface area contributed by atoms with Crippen LogP contribution in [-0.4, -0.2) is 35.5 Å². The van der Waals surface area contributed by atoms with E-state index in [9.17, 15) is 9.90 Å². The Balaban J connectivity index is 1.61. The first kappa shape index (κ1) is 17.6. The van der Waals surface area contributed by atoms with Crippen LogP contribution < -0.4 is 5.32 Å². The topological polar surface area (TPSA) is 52.6 Å². The first-order chi connectivity index (χ1) is 12.2. The molecule has 132 valence electrons. The first-order valence-corrected chi connectivity index (χ1v) is 8.95. The molecule has 0 aromatic heterocycles. The van der Waals surface area contributed by atoms with Gasteiger partial charge in [0.1, 0.15) is 0 Å². The van der Waals surface area contributed by atoms with Gasteiger partial charge in [-0.25, -0.2) is 0 Å². The number of hydrogen-bond acceptors (Lipinski definition) is 3. The van der Waals surface area contributed by atoms with Gasteiger partial charge >= 0.3 is 0 Å². The zero-order valence-corrected chi connectivity index (χ0v) is 14.7. The minimum absolute atomic E-state index is 0.0587. The van der Waals surface area contributed by atoms with Crippen molar-refractivity contribution in [3.05, 3.63) is 71.3 Å². The highest BCUT2D eigenvalue weighted by atomic mass is 16.3. The Bertz CT molecular complexity index is 685. The normalized spacial score (nSPS) is 18.9. The van der Waals surface area contributed by atoms with Gasteiger partial charge < -0.3 is 10.4 Å². The fraction of sp³-hybridized carbons (Fsp3) is 0.381. The largest absolute Gasteiger partial charge is 0.388 e. The van der Waals surface area contributed by atoms with Crippen molar-refractivity contribution in [1.29, 1.82) is 0 Å². The van der Waals surface area contributed by atoms with Crippen LogP contribution in [0.3, 0.4) is 0 Å². The number of aliphatic hydroxyl groups is 1. The van der Waals surface area contributed by atoms with Crippen molar-refractivity contribution in [3.63, 3.8) is 0 Å². The zero-order chi connectivity index (χ0) is 17.6. The molecule has 2 N–H and O–H groups in total. The van der Waals surface area contributed by atoms with Gasteiger partial charge in [-0.1, -0.05) is 42.5 Å². The number of hydrogen-bond donors (Lipinski definition) is 2. The quantitative estimate of drug-likeness (QED) is 0.851. The summed E-state index contributed by atoms with van der Waals surface area (Å²) in [5.74, 6) is -0.0587. The summed E-state index contributed by atoms with van der Waals surface area (Å²) in [6.07, 6.45) is 2.64. The van der Waals surface area contributed by atoms with Crippen LogP contribution >= 0.6 is 0 Å². The molecule has 0 aliphatic carbocycles. The first-order valence-electron chi connectivity index (χ1n) is 8.95. The minimum atomic E-state index is -0.414. The highest BCUT2D eigenvalue weighted by Gasteiger charge is 2.27. The third kappa shape index (κ3) is 4.47. The highest BCUT2D eigenvalue weighted by molar-refractivity contribution is 5.93. The number of rotatable bonds is 6. The van der Waals surface area contributed by atoms with Crippen molar-refractivity contribution in [1.82, 2.24) is 10.2 Å². The van der Waals surface area contributed by atoms with Crippen LogP contribution in [0, 0.1) is 0 Å². The van der Waals surface area contributed by atoms with E-state index in [1.54, 1.807) is 7.05 Å². The van der Waals surface area contributed by atoms with Gasteiger partial charge in [0.05, 0.1) is 6.10 Å². The molecule has 3 rings (SSSR count). The number of amides is 1. The smallest absolute Gasteiger partial charge is 0.251 e. The number of nitrogens with zero attached hydrogens (tertiary/aromatic N) is 1. The molecule has 0 spiro atoms. The van der Waals surface area contributed by atoms with Gasteiger partial charge in [0, 0.05) is 25.2 Å². The van der Waals surface area contributed by atoms with E-state index < -0.39 is 6.10 Å². The molecule has 0 bridgehead atoms. The van der Waals surface area contributed by atoms with Crippen molar-refractivity contribution in [3.8, 4) is 0 Å². The third-order valence-electron chi connectivity index (χ3n) is 5.01. The molecular weight excluding hydrogens is 312 g/mol. The molecule has 2 aromatic carbocycles. The van der Waals surface area contributed by atoms with Crippen molar-refractivity contribution < 1.29 is 9.90 Å². The molecule has 2 aromatic rings. The molecule has 1 saturated heterocycles. The average Bonchev–Trinajstić information content (AvgIpc) is 3.09. The van der Waals surface area contributed by atoms with Crippen LogP contribution in [0.25, 0.3) is 0 Å². The molecule has 2 atom stereocenters. The molecule has 4 nitrogen and oxygen atoms in total. The van der Waals surface area contributed by atoms with Crippen molar-refractivity contribution >= 4 is 5.91 Å². The van der Waals surface area contributed by atoms with Gasteiger partial charge in [-0.15, -0.1) is 0 Å².